The molecule has 0 radical (unpaired) electrons. The summed E-state index contributed by atoms with van der Waals surface area (Å²) in [6.07, 6.45) is -6.15. The van der Waals surface area contributed by atoms with E-state index in [0.717, 1.165) is 20.8 Å². The van der Waals surface area contributed by atoms with Gasteiger partial charge in [-0.2, -0.15) is 0 Å². The molecule has 2 rings (SSSR count). The van der Waals surface area contributed by atoms with Crippen molar-refractivity contribution in [3.8, 4) is 11.5 Å². The van der Waals surface area contributed by atoms with E-state index in [1.165, 1.54) is 32.2 Å². The lowest BCUT2D eigenvalue weighted by Crippen LogP contribution is -2.63. The van der Waals surface area contributed by atoms with Crippen molar-refractivity contribution in [1.29, 1.82) is 0 Å². The quantitative estimate of drug-likeness (QED) is 0.280. The van der Waals surface area contributed by atoms with Gasteiger partial charge in [-0.1, -0.05) is 0 Å². The van der Waals surface area contributed by atoms with Gasteiger partial charge in [-0.05, 0) is 18.2 Å². The molecule has 1 aliphatic heterocycles. The van der Waals surface area contributed by atoms with E-state index in [-0.39, 0.29) is 17.1 Å². The molecule has 1 fully saturated rings. The van der Waals surface area contributed by atoms with E-state index in [2.05, 4.69) is 0 Å². The third-order valence-corrected chi connectivity index (χ3v) is 4.52. The molecular formula is C22H26O12. The number of hydrogen-bond acceptors (Lipinski definition) is 12. The van der Waals surface area contributed by atoms with Crippen LogP contribution in [0.3, 0.4) is 0 Å². The fraction of sp³-hybridized carbons (Fsp3) is 0.500. The standard InChI is InChI=1S/C22H26O12/c1-11(24)29-10-18-19(30-12(2)25)20(31-13(3)26)21(32-14(4)27)22(34-18)33-17-8-15(9-23)6-7-16(17)28-5/h6-9,18-22H,10H2,1-5H3. The summed E-state index contributed by atoms with van der Waals surface area (Å²) in [6.45, 7) is 4.11. The second-order valence-electron chi connectivity index (χ2n) is 7.21. The number of hydrogen-bond donors (Lipinski definition) is 0. The number of carbonyl (C=O) groups is 5. The third-order valence-electron chi connectivity index (χ3n) is 4.52. The molecular weight excluding hydrogens is 456 g/mol. The Morgan fingerprint density at radius 1 is 0.853 bits per heavy atom. The van der Waals surface area contributed by atoms with Crippen LogP contribution in [-0.4, -0.2) is 74.6 Å². The van der Waals surface area contributed by atoms with Crippen LogP contribution < -0.4 is 9.47 Å². The van der Waals surface area contributed by atoms with E-state index >= 15 is 0 Å². The molecule has 12 nitrogen and oxygen atoms in total. The number of benzene rings is 1. The fourth-order valence-corrected chi connectivity index (χ4v) is 3.27. The van der Waals surface area contributed by atoms with Crippen molar-refractivity contribution in [2.75, 3.05) is 13.7 Å². The van der Waals surface area contributed by atoms with Crippen LogP contribution in [0.2, 0.25) is 0 Å². The Morgan fingerprint density at radius 3 is 1.97 bits per heavy atom. The maximum Gasteiger partial charge on any atom is 0.303 e. The van der Waals surface area contributed by atoms with E-state index in [4.69, 9.17) is 33.2 Å². The highest BCUT2D eigenvalue weighted by molar-refractivity contribution is 5.76. The molecule has 0 bridgehead atoms. The van der Waals surface area contributed by atoms with Crippen molar-refractivity contribution in [1.82, 2.24) is 0 Å². The van der Waals surface area contributed by atoms with Gasteiger partial charge in [0, 0.05) is 33.3 Å². The van der Waals surface area contributed by atoms with Crippen molar-refractivity contribution in [3.63, 3.8) is 0 Å². The van der Waals surface area contributed by atoms with Crippen molar-refractivity contribution in [3.05, 3.63) is 23.8 Å². The first-order chi connectivity index (χ1) is 16.0. The van der Waals surface area contributed by atoms with Crippen LogP contribution in [0.25, 0.3) is 0 Å². The summed E-state index contributed by atoms with van der Waals surface area (Å²) in [5.41, 5.74) is 0.251. The molecule has 1 aromatic carbocycles. The molecule has 0 saturated carbocycles. The van der Waals surface area contributed by atoms with E-state index in [0.29, 0.717) is 6.29 Å². The third kappa shape index (κ3) is 7.17. The molecule has 186 valence electrons. The summed E-state index contributed by atoms with van der Waals surface area (Å²) in [4.78, 5) is 58.1. The largest absolute Gasteiger partial charge is 0.493 e. The number of aldehydes is 1. The molecule has 0 aliphatic carbocycles. The minimum Gasteiger partial charge on any atom is -0.493 e. The normalized spacial score (nSPS) is 23.7. The van der Waals surface area contributed by atoms with E-state index in [1.54, 1.807) is 0 Å². The van der Waals surface area contributed by atoms with Gasteiger partial charge >= 0.3 is 23.9 Å². The zero-order valence-corrected chi connectivity index (χ0v) is 19.3. The van der Waals surface area contributed by atoms with Gasteiger partial charge in [-0.3, -0.25) is 24.0 Å². The minimum absolute atomic E-state index is 0.0491. The van der Waals surface area contributed by atoms with Crippen LogP contribution >= 0.6 is 0 Å². The van der Waals surface area contributed by atoms with E-state index in [9.17, 15) is 24.0 Å². The van der Waals surface area contributed by atoms with Crippen LogP contribution in [-0.2, 0) is 42.9 Å². The Bertz CT molecular complexity index is 926. The predicted octanol–water partition coefficient (Wildman–Crippen LogP) is 0.970. The lowest BCUT2D eigenvalue weighted by Gasteiger charge is -2.44. The molecule has 1 aliphatic rings. The first-order valence-corrected chi connectivity index (χ1v) is 10.2. The smallest absolute Gasteiger partial charge is 0.303 e. The molecule has 0 spiro atoms. The molecule has 1 aromatic rings. The van der Waals surface area contributed by atoms with Gasteiger partial charge in [0.05, 0.1) is 7.11 Å². The SMILES string of the molecule is COc1ccc(C=O)cc1OC1OC(COC(C)=O)C(OC(C)=O)C(OC(C)=O)C1OC(C)=O. The highest BCUT2D eigenvalue weighted by Crippen LogP contribution is 2.34. The minimum atomic E-state index is -1.45. The molecule has 0 aromatic heterocycles. The highest BCUT2D eigenvalue weighted by Gasteiger charge is 2.53. The number of carbonyl (C=O) groups excluding carboxylic acids is 5. The number of methoxy groups -OCH3 is 1. The molecule has 12 heteroatoms. The van der Waals surface area contributed by atoms with Crippen LogP contribution in [0.5, 0.6) is 11.5 Å². The number of esters is 4. The summed E-state index contributed by atoms with van der Waals surface area (Å²) in [7, 11) is 1.37. The van der Waals surface area contributed by atoms with Crippen molar-refractivity contribution in [2.45, 2.75) is 58.4 Å². The van der Waals surface area contributed by atoms with Gasteiger partial charge in [0.2, 0.25) is 12.4 Å². The summed E-state index contributed by atoms with van der Waals surface area (Å²) < 4.78 is 38.0. The second-order valence-corrected chi connectivity index (χ2v) is 7.21. The number of rotatable bonds is 9. The molecule has 0 N–H and O–H groups in total. The van der Waals surface area contributed by atoms with Crippen LogP contribution in [0.1, 0.15) is 38.1 Å². The summed E-state index contributed by atoms with van der Waals surface area (Å²) in [5, 5.41) is 0. The Morgan fingerprint density at radius 2 is 1.44 bits per heavy atom. The van der Waals surface area contributed by atoms with Crippen LogP contribution in [0, 0.1) is 0 Å². The van der Waals surface area contributed by atoms with E-state index in [1.807, 2.05) is 0 Å². The van der Waals surface area contributed by atoms with Crippen molar-refractivity contribution < 1.29 is 57.1 Å². The zero-order chi connectivity index (χ0) is 25.4. The molecule has 5 atom stereocenters. The molecule has 1 saturated heterocycles. The van der Waals surface area contributed by atoms with Gasteiger partial charge in [-0.25, -0.2) is 0 Å². The van der Waals surface area contributed by atoms with Gasteiger partial charge < -0.3 is 33.2 Å². The Kier molecular flexibility index (Phi) is 9.36. The van der Waals surface area contributed by atoms with Crippen molar-refractivity contribution in [2.24, 2.45) is 0 Å². The summed E-state index contributed by atoms with van der Waals surface area (Å²) in [6, 6.07) is 4.33. The van der Waals surface area contributed by atoms with Gasteiger partial charge in [0.1, 0.15) is 19.0 Å². The Balaban J connectivity index is 2.53. The highest BCUT2D eigenvalue weighted by atomic mass is 16.7. The average molecular weight is 482 g/mol. The molecule has 1 heterocycles. The average Bonchev–Trinajstić information content (AvgIpc) is 2.75. The number of ether oxygens (including phenoxy) is 7. The molecule has 34 heavy (non-hydrogen) atoms. The maximum atomic E-state index is 11.9. The maximum absolute atomic E-state index is 11.9. The van der Waals surface area contributed by atoms with Gasteiger partial charge in [-0.15, -0.1) is 0 Å². The Hall–Kier alpha value is -3.67. The summed E-state index contributed by atoms with van der Waals surface area (Å²) in [5.74, 6) is -2.67. The van der Waals surface area contributed by atoms with Crippen molar-refractivity contribution >= 4 is 30.2 Å². The second kappa shape index (κ2) is 12.0. The molecule has 5 unspecified atom stereocenters. The zero-order valence-electron chi connectivity index (χ0n) is 19.3. The monoisotopic (exact) mass is 482 g/mol. The fourth-order valence-electron chi connectivity index (χ4n) is 3.27. The predicted molar refractivity (Wildman–Crippen MR) is 111 cm³/mol. The van der Waals surface area contributed by atoms with Crippen LogP contribution in [0.4, 0.5) is 0 Å². The van der Waals surface area contributed by atoms with Crippen LogP contribution in [0.15, 0.2) is 18.2 Å². The topological polar surface area (TPSA) is 150 Å². The van der Waals surface area contributed by atoms with Gasteiger partial charge in [0.15, 0.2) is 23.7 Å². The first kappa shape index (κ1) is 26.6. The first-order valence-electron chi connectivity index (χ1n) is 10.2. The summed E-state index contributed by atoms with van der Waals surface area (Å²) >= 11 is 0. The van der Waals surface area contributed by atoms with E-state index < -0.39 is 61.2 Å². The van der Waals surface area contributed by atoms with Gasteiger partial charge in [0.25, 0.3) is 0 Å². The lowest BCUT2D eigenvalue weighted by atomic mass is 9.98. The lowest BCUT2D eigenvalue weighted by molar-refractivity contribution is -0.288. The Labute approximate surface area is 195 Å². The molecule has 0 amide bonds.